The van der Waals surface area contributed by atoms with E-state index in [4.69, 9.17) is 0 Å². The summed E-state index contributed by atoms with van der Waals surface area (Å²) in [5, 5.41) is 5.20. The third-order valence-corrected chi connectivity index (χ3v) is 3.74. The van der Waals surface area contributed by atoms with Crippen molar-refractivity contribution in [2.75, 3.05) is 10.6 Å². The van der Waals surface area contributed by atoms with E-state index in [1.807, 2.05) is 0 Å². The Kier molecular flexibility index (Phi) is 5.55. The van der Waals surface area contributed by atoms with Gasteiger partial charge in [0.25, 0.3) is 5.91 Å². The zero-order valence-electron chi connectivity index (χ0n) is 14.2. The fraction of sp³-hybridized carbons (Fsp3) is 0.105. The monoisotopic (exact) mass is 370 g/mol. The van der Waals surface area contributed by atoms with Crippen LogP contribution in [0.3, 0.4) is 0 Å². The highest BCUT2D eigenvalue weighted by atomic mass is 19.2. The molecule has 0 unspecified atom stereocenters. The molecule has 1 heterocycles. The number of nitrogens with one attached hydrogen (secondary N) is 2. The molecule has 3 rings (SSSR count). The van der Waals surface area contributed by atoms with Gasteiger partial charge in [0.05, 0.1) is 6.33 Å². The third-order valence-electron chi connectivity index (χ3n) is 3.74. The van der Waals surface area contributed by atoms with Gasteiger partial charge >= 0.3 is 0 Å². The van der Waals surface area contributed by atoms with Crippen LogP contribution in [0.4, 0.5) is 20.2 Å². The number of carbonyl (C=O) groups is 2. The Balaban J connectivity index is 1.61. The van der Waals surface area contributed by atoms with Crippen LogP contribution in [-0.2, 0) is 11.3 Å². The van der Waals surface area contributed by atoms with Gasteiger partial charge in [-0.1, -0.05) is 6.07 Å². The summed E-state index contributed by atoms with van der Waals surface area (Å²) in [6, 6.07) is 9.42. The fourth-order valence-corrected chi connectivity index (χ4v) is 2.39. The number of anilines is 2. The van der Waals surface area contributed by atoms with Crippen molar-refractivity contribution in [2.24, 2.45) is 0 Å². The van der Waals surface area contributed by atoms with E-state index in [2.05, 4.69) is 15.6 Å². The van der Waals surface area contributed by atoms with Crippen LogP contribution >= 0.6 is 0 Å². The summed E-state index contributed by atoms with van der Waals surface area (Å²) in [6.07, 6.45) is 5.27. The van der Waals surface area contributed by atoms with Crippen LogP contribution in [0.2, 0.25) is 0 Å². The smallest absolute Gasteiger partial charge is 0.255 e. The van der Waals surface area contributed by atoms with Crippen molar-refractivity contribution in [2.45, 2.75) is 13.0 Å². The predicted octanol–water partition coefficient (Wildman–Crippen LogP) is 3.44. The second kappa shape index (κ2) is 8.22. The number of carbonyl (C=O) groups excluding carboxylic acids is 2. The molecule has 2 aromatic carbocycles. The molecule has 0 aliphatic carbocycles. The highest BCUT2D eigenvalue weighted by molar-refractivity contribution is 6.05. The molecular weight excluding hydrogens is 354 g/mol. The lowest BCUT2D eigenvalue weighted by molar-refractivity contribution is -0.116. The molecule has 0 saturated carbocycles. The number of hydrogen-bond donors (Lipinski definition) is 2. The fourth-order valence-electron chi connectivity index (χ4n) is 2.39. The van der Waals surface area contributed by atoms with Crippen molar-refractivity contribution in [1.29, 1.82) is 0 Å². The maximum atomic E-state index is 13.2. The number of aromatic nitrogens is 2. The quantitative estimate of drug-likeness (QED) is 0.698. The normalized spacial score (nSPS) is 10.4. The van der Waals surface area contributed by atoms with Gasteiger partial charge in [-0.15, -0.1) is 0 Å². The lowest BCUT2D eigenvalue weighted by Gasteiger charge is -2.09. The maximum Gasteiger partial charge on any atom is 0.255 e. The minimum Gasteiger partial charge on any atom is -0.337 e. The Hall–Kier alpha value is -3.55. The number of rotatable bonds is 6. The third kappa shape index (κ3) is 4.97. The second-order valence-electron chi connectivity index (χ2n) is 5.76. The van der Waals surface area contributed by atoms with Crippen molar-refractivity contribution in [3.63, 3.8) is 0 Å². The molecule has 6 nitrogen and oxygen atoms in total. The molecule has 0 aliphatic heterocycles. The number of hydrogen-bond acceptors (Lipinski definition) is 3. The Bertz CT molecular complexity index is 958. The first-order valence-corrected chi connectivity index (χ1v) is 8.13. The van der Waals surface area contributed by atoms with Gasteiger partial charge in [-0.3, -0.25) is 9.59 Å². The van der Waals surface area contributed by atoms with E-state index in [0.29, 0.717) is 12.2 Å². The molecule has 2 N–H and O–H groups in total. The first-order valence-electron chi connectivity index (χ1n) is 8.13. The number of amides is 2. The van der Waals surface area contributed by atoms with Gasteiger partial charge in [-0.05, 0) is 30.3 Å². The lowest BCUT2D eigenvalue weighted by atomic mass is 10.1. The number of nitrogens with zero attached hydrogens (tertiary/aromatic N) is 2. The van der Waals surface area contributed by atoms with Crippen LogP contribution in [0.5, 0.6) is 0 Å². The maximum absolute atomic E-state index is 13.2. The summed E-state index contributed by atoms with van der Waals surface area (Å²) >= 11 is 0. The van der Waals surface area contributed by atoms with Crippen LogP contribution in [0.15, 0.2) is 61.2 Å². The molecule has 27 heavy (non-hydrogen) atoms. The molecule has 138 valence electrons. The SMILES string of the molecule is O=C(CCn1ccnc1)Nc1cccc(C(=O)Nc2ccc(F)c(F)c2)c1. The zero-order chi connectivity index (χ0) is 19.2. The summed E-state index contributed by atoms with van der Waals surface area (Å²) in [5.74, 6) is -2.75. The highest BCUT2D eigenvalue weighted by Crippen LogP contribution is 2.16. The average molecular weight is 370 g/mol. The standard InChI is InChI=1S/C19H16F2N4O2/c20-16-5-4-15(11-17(16)21)24-19(27)13-2-1-3-14(10-13)23-18(26)6-8-25-9-7-22-12-25/h1-5,7,9-12H,6,8H2,(H,23,26)(H,24,27). The van der Waals surface area contributed by atoms with Gasteiger partial charge in [-0.2, -0.15) is 0 Å². The van der Waals surface area contributed by atoms with E-state index >= 15 is 0 Å². The van der Waals surface area contributed by atoms with E-state index in [0.717, 1.165) is 12.1 Å². The van der Waals surface area contributed by atoms with E-state index in [9.17, 15) is 18.4 Å². The molecule has 0 saturated heterocycles. The number of benzene rings is 2. The van der Waals surface area contributed by atoms with Gasteiger partial charge in [0.1, 0.15) is 0 Å². The molecule has 8 heteroatoms. The van der Waals surface area contributed by atoms with Crippen LogP contribution in [0.1, 0.15) is 16.8 Å². The first-order chi connectivity index (χ1) is 13.0. The van der Waals surface area contributed by atoms with Crippen LogP contribution in [-0.4, -0.2) is 21.4 Å². The summed E-state index contributed by atoms with van der Waals surface area (Å²) in [7, 11) is 0. The van der Waals surface area contributed by atoms with Crippen LogP contribution in [0, 0.1) is 11.6 Å². The molecule has 0 spiro atoms. The van der Waals surface area contributed by atoms with Crippen molar-refractivity contribution < 1.29 is 18.4 Å². The van der Waals surface area contributed by atoms with Crippen LogP contribution < -0.4 is 10.6 Å². The minimum atomic E-state index is -1.05. The van der Waals surface area contributed by atoms with Gasteiger partial charge < -0.3 is 15.2 Å². The Morgan fingerprint density at radius 2 is 1.81 bits per heavy atom. The average Bonchev–Trinajstić information content (AvgIpc) is 3.17. The van der Waals surface area contributed by atoms with Crippen molar-refractivity contribution >= 4 is 23.2 Å². The number of imidazole rings is 1. The van der Waals surface area contributed by atoms with Crippen LogP contribution in [0.25, 0.3) is 0 Å². The topological polar surface area (TPSA) is 76.0 Å². The summed E-state index contributed by atoms with van der Waals surface area (Å²) in [5.41, 5.74) is 0.865. The van der Waals surface area contributed by atoms with Gasteiger partial charge in [0, 0.05) is 48.4 Å². The Morgan fingerprint density at radius 3 is 2.56 bits per heavy atom. The van der Waals surface area contributed by atoms with E-state index < -0.39 is 17.5 Å². The minimum absolute atomic E-state index is 0.133. The molecule has 1 aromatic heterocycles. The number of aryl methyl sites for hydroxylation is 1. The van der Waals surface area contributed by atoms with Crippen molar-refractivity contribution in [3.05, 3.63) is 78.4 Å². The molecule has 0 fully saturated rings. The van der Waals surface area contributed by atoms with Gasteiger partial charge in [-0.25, -0.2) is 13.8 Å². The summed E-state index contributed by atoms with van der Waals surface area (Å²) < 4.78 is 28.0. The van der Waals surface area contributed by atoms with E-state index in [-0.39, 0.29) is 23.6 Å². The molecule has 0 aliphatic rings. The summed E-state index contributed by atoms with van der Waals surface area (Å²) in [6.45, 7) is 0.488. The first kappa shape index (κ1) is 18.2. The Labute approximate surface area is 153 Å². The molecule has 3 aromatic rings. The molecule has 2 amide bonds. The molecule has 0 atom stereocenters. The second-order valence-corrected chi connectivity index (χ2v) is 5.76. The summed E-state index contributed by atoms with van der Waals surface area (Å²) in [4.78, 5) is 28.2. The van der Waals surface area contributed by atoms with Crippen molar-refractivity contribution in [1.82, 2.24) is 9.55 Å². The van der Waals surface area contributed by atoms with E-state index in [1.54, 1.807) is 41.5 Å². The van der Waals surface area contributed by atoms with E-state index in [1.165, 1.54) is 12.1 Å². The predicted molar refractivity (Wildman–Crippen MR) is 96.2 cm³/mol. The zero-order valence-corrected chi connectivity index (χ0v) is 14.2. The highest BCUT2D eigenvalue weighted by Gasteiger charge is 2.10. The largest absolute Gasteiger partial charge is 0.337 e. The lowest BCUT2D eigenvalue weighted by Crippen LogP contribution is -2.16. The number of halogens is 2. The van der Waals surface area contributed by atoms with Gasteiger partial charge in [0.2, 0.25) is 5.91 Å². The molecule has 0 bridgehead atoms. The molecular formula is C19H16F2N4O2. The Morgan fingerprint density at radius 1 is 1.00 bits per heavy atom. The van der Waals surface area contributed by atoms with Crippen molar-refractivity contribution in [3.8, 4) is 0 Å². The molecule has 0 radical (unpaired) electrons. The van der Waals surface area contributed by atoms with Gasteiger partial charge in [0.15, 0.2) is 11.6 Å².